The molecule has 1 aliphatic heterocycles. The van der Waals surface area contributed by atoms with Crippen molar-refractivity contribution in [2.45, 2.75) is 6.04 Å². The molecule has 0 spiro atoms. The third-order valence-electron chi connectivity index (χ3n) is 2.01. The van der Waals surface area contributed by atoms with Crippen LogP contribution in [0.3, 0.4) is 0 Å². The minimum atomic E-state index is -0.508. The van der Waals surface area contributed by atoms with Crippen molar-refractivity contribution in [1.82, 2.24) is 4.90 Å². The van der Waals surface area contributed by atoms with Gasteiger partial charge in [0.1, 0.15) is 6.04 Å². The molecule has 0 radical (unpaired) electrons. The number of nitrogens with zero attached hydrogens (tertiary/aromatic N) is 1. The number of methoxy groups -OCH3 is 2. The summed E-state index contributed by atoms with van der Waals surface area (Å²) in [5, 5.41) is 0. The molecule has 0 aromatic carbocycles. The van der Waals surface area contributed by atoms with Gasteiger partial charge in [0.05, 0.1) is 14.2 Å². The first-order chi connectivity index (χ1) is 6.70. The summed E-state index contributed by atoms with van der Waals surface area (Å²) in [6, 6.07) is -0.508. The summed E-state index contributed by atoms with van der Waals surface area (Å²) in [6.45, 7) is 0.525. The van der Waals surface area contributed by atoms with Gasteiger partial charge in [-0.2, -0.15) is 11.8 Å². The second kappa shape index (κ2) is 5.09. The molecule has 5 nitrogen and oxygen atoms in total. The molecule has 1 fully saturated rings. The maximum absolute atomic E-state index is 11.3. The van der Waals surface area contributed by atoms with E-state index in [1.165, 1.54) is 19.1 Å². The molecule has 0 saturated carbocycles. The van der Waals surface area contributed by atoms with Crippen molar-refractivity contribution in [2.24, 2.45) is 0 Å². The van der Waals surface area contributed by atoms with E-state index in [0.717, 1.165) is 5.75 Å². The number of thioether (sulfide) groups is 1. The van der Waals surface area contributed by atoms with Crippen LogP contribution < -0.4 is 0 Å². The van der Waals surface area contributed by atoms with Gasteiger partial charge in [0.15, 0.2) is 0 Å². The van der Waals surface area contributed by atoms with E-state index in [1.54, 1.807) is 11.8 Å². The van der Waals surface area contributed by atoms with Gasteiger partial charge in [-0.1, -0.05) is 0 Å². The zero-order chi connectivity index (χ0) is 10.6. The first-order valence-corrected chi connectivity index (χ1v) is 5.36. The van der Waals surface area contributed by atoms with E-state index in [-0.39, 0.29) is 5.97 Å². The number of hydrogen-bond acceptors (Lipinski definition) is 5. The predicted octanol–water partition coefficient (Wildman–Crippen LogP) is 0.343. The maximum Gasteiger partial charge on any atom is 0.410 e. The smallest absolute Gasteiger partial charge is 0.410 e. The van der Waals surface area contributed by atoms with Crippen molar-refractivity contribution in [2.75, 3.05) is 32.3 Å². The van der Waals surface area contributed by atoms with E-state index in [2.05, 4.69) is 9.47 Å². The Morgan fingerprint density at radius 1 is 1.36 bits per heavy atom. The first kappa shape index (κ1) is 11.2. The van der Waals surface area contributed by atoms with Crippen LogP contribution in [-0.2, 0) is 14.3 Å². The van der Waals surface area contributed by atoms with E-state index >= 15 is 0 Å². The monoisotopic (exact) mass is 219 g/mol. The van der Waals surface area contributed by atoms with Gasteiger partial charge in [-0.25, -0.2) is 9.59 Å². The minimum Gasteiger partial charge on any atom is -0.467 e. The molecule has 1 unspecified atom stereocenters. The summed E-state index contributed by atoms with van der Waals surface area (Å²) >= 11 is 1.63. The molecule has 1 aliphatic rings. The lowest BCUT2D eigenvalue weighted by Gasteiger charge is -2.31. The molecule has 1 saturated heterocycles. The predicted molar refractivity (Wildman–Crippen MR) is 52.2 cm³/mol. The van der Waals surface area contributed by atoms with E-state index in [9.17, 15) is 9.59 Å². The standard InChI is InChI=1S/C8H13NO4S/c1-12-7(10)6-5-14-4-3-9(6)8(11)13-2/h6H,3-5H2,1-2H3. The SMILES string of the molecule is COC(=O)C1CSCCN1C(=O)OC. The number of carbonyl (C=O) groups excluding carboxylic acids is 2. The Labute approximate surface area is 86.7 Å². The molecule has 0 aromatic heterocycles. The topological polar surface area (TPSA) is 55.8 Å². The molecule has 0 aromatic rings. The summed E-state index contributed by atoms with van der Waals surface area (Å²) in [6.07, 6.45) is -0.472. The number of rotatable bonds is 1. The van der Waals surface area contributed by atoms with Gasteiger partial charge >= 0.3 is 12.1 Å². The van der Waals surface area contributed by atoms with Crippen LogP contribution in [0.5, 0.6) is 0 Å². The van der Waals surface area contributed by atoms with Crippen LogP contribution in [0, 0.1) is 0 Å². The highest BCUT2D eigenvalue weighted by atomic mass is 32.2. The second-order valence-electron chi connectivity index (χ2n) is 2.78. The van der Waals surface area contributed by atoms with Crippen LogP contribution in [-0.4, -0.2) is 55.3 Å². The van der Waals surface area contributed by atoms with Gasteiger partial charge < -0.3 is 9.47 Å². The average Bonchev–Trinajstić information content (AvgIpc) is 2.27. The summed E-state index contributed by atoms with van der Waals surface area (Å²) in [5.74, 6) is 1.01. The second-order valence-corrected chi connectivity index (χ2v) is 3.93. The third-order valence-corrected chi connectivity index (χ3v) is 3.03. The Kier molecular flexibility index (Phi) is 4.06. The summed E-state index contributed by atoms with van der Waals surface area (Å²) in [5.41, 5.74) is 0. The lowest BCUT2D eigenvalue weighted by molar-refractivity contribution is -0.145. The molecule has 0 N–H and O–H groups in total. The highest BCUT2D eigenvalue weighted by Crippen LogP contribution is 2.18. The molecule has 1 rings (SSSR count). The summed E-state index contributed by atoms with van der Waals surface area (Å²) < 4.78 is 9.20. The average molecular weight is 219 g/mol. The maximum atomic E-state index is 11.3. The number of esters is 1. The molecule has 1 atom stereocenters. The fraction of sp³-hybridized carbons (Fsp3) is 0.750. The highest BCUT2D eigenvalue weighted by Gasteiger charge is 2.33. The van der Waals surface area contributed by atoms with Gasteiger partial charge in [-0.05, 0) is 0 Å². The number of hydrogen-bond donors (Lipinski definition) is 0. The van der Waals surface area contributed by atoms with Gasteiger partial charge in [0, 0.05) is 18.1 Å². The van der Waals surface area contributed by atoms with E-state index in [4.69, 9.17) is 0 Å². The van der Waals surface area contributed by atoms with Gasteiger partial charge in [-0.15, -0.1) is 0 Å². The van der Waals surface area contributed by atoms with E-state index in [0.29, 0.717) is 12.3 Å². The Hall–Kier alpha value is -0.910. The molecule has 80 valence electrons. The normalized spacial score (nSPS) is 21.6. The van der Waals surface area contributed by atoms with Gasteiger partial charge in [0.2, 0.25) is 0 Å². The third kappa shape index (κ3) is 2.31. The summed E-state index contributed by atoms with van der Waals surface area (Å²) in [7, 11) is 2.62. The molecule has 1 heterocycles. The lowest BCUT2D eigenvalue weighted by Crippen LogP contribution is -2.50. The van der Waals surface area contributed by atoms with E-state index < -0.39 is 12.1 Å². The fourth-order valence-electron chi connectivity index (χ4n) is 1.27. The Bertz CT molecular complexity index is 209. The van der Waals surface area contributed by atoms with Crippen molar-refractivity contribution in [3.8, 4) is 0 Å². The molecular formula is C8H13NO4S. The number of amides is 1. The van der Waals surface area contributed by atoms with Crippen molar-refractivity contribution in [3.05, 3.63) is 0 Å². The molecule has 1 amide bonds. The Morgan fingerprint density at radius 2 is 2.07 bits per heavy atom. The molecule has 0 bridgehead atoms. The zero-order valence-electron chi connectivity index (χ0n) is 8.19. The van der Waals surface area contributed by atoms with Crippen LogP contribution >= 0.6 is 11.8 Å². The largest absolute Gasteiger partial charge is 0.467 e. The quantitative estimate of drug-likeness (QED) is 0.595. The lowest BCUT2D eigenvalue weighted by atomic mass is 10.3. The van der Waals surface area contributed by atoms with Gasteiger partial charge in [-0.3, -0.25) is 4.90 Å². The Morgan fingerprint density at radius 3 is 2.64 bits per heavy atom. The first-order valence-electron chi connectivity index (χ1n) is 4.21. The highest BCUT2D eigenvalue weighted by molar-refractivity contribution is 7.99. The van der Waals surface area contributed by atoms with Crippen LogP contribution in [0.4, 0.5) is 4.79 Å². The van der Waals surface area contributed by atoms with Crippen molar-refractivity contribution in [3.63, 3.8) is 0 Å². The van der Waals surface area contributed by atoms with Crippen molar-refractivity contribution < 1.29 is 19.1 Å². The van der Waals surface area contributed by atoms with Crippen LogP contribution in [0.15, 0.2) is 0 Å². The van der Waals surface area contributed by atoms with Crippen molar-refractivity contribution >= 4 is 23.8 Å². The number of ether oxygens (including phenoxy) is 2. The Balaban J connectivity index is 2.68. The minimum absolute atomic E-state index is 0.386. The molecule has 14 heavy (non-hydrogen) atoms. The van der Waals surface area contributed by atoms with Crippen LogP contribution in [0.2, 0.25) is 0 Å². The van der Waals surface area contributed by atoms with E-state index in [1.807, 2.05) is 0 Å². The van der Waals surface area contributed by atoms with Gasteiger partial charge in [0.25, 0.3) is 0 Å². The van der Waals surface area contributed by atoms with Crippen LogP contribution in [0.25, 0.3) is 0 Å². The summed E-state index contributed by atoms with van der Waals surface area (Å²) in [4.78, 5) is 24.0. The van der Waals surface area contributed by atoms with Crippen LogP contribution in [0.1, 0.15) is 0 Å². The number of carbonyl (C=O) groups is 2. The van der Waals surface area contributed by atoms with Crippen molar-refractivity contribution in [1.29, 1.82) is 0 Å². The molecule has 6 heteroatoms. The fourth-order valence-corrected chi connectivity index (χ4v) is 2.30. The zero-order valence-corrected chi connectivity index (χ0v) is 9.00. The molecule has 0 aliphatic carbocycles. The molecular weight excluding hydrogens is 206 g/mol.